The van der Waals surface area contributed by atoms with E-state index in [1.807, 2.05) is 0 Å². The van der Waals surface area contributed by atoms with E-state index in [1.54, 1.807) is 31.4 Å². The molecule has 3 N–H and O–H groups in total. The summed E-state index contributed by atoms with van der Waals surface area (Å²) in [5.41, 5.74) is 7.17. The first-order valence-electron chi connectivity index (χ1n) is 5.00. The smallest absolute Gasteiger partial charge is 0.236 e. The van der Waals surface area contributed by atoms with E-state index < -0.39 is 0 Å². The highest BCUT2D eigenvalue weighted by atomic mass is 16.5. The van der Waals surface area contributed by atoms with E-state index in [1.165, 1.54) is 6.20 Å². The highest BCUT2D eigenvalue weighted by molar-refractivity contribution is 5.53. The first-order chi connectivity index (χ1) is 8.20. The fraction of sp³-hybridized carbons (Fsp3) is 0.182. The lowest BCUT2D eigenvalue weighted by atomic mass is 10.1. The first-order valence-corrected chi connectivity index (χ1v) is 5.00. The highest BCUT2D eigenvalue weighted by Gasteiger charge is 2.08. The minimum Gasteiger partial charge on any atom is -0.496 e. The largest absolute Gasteiger partial charge is 0.496 e. The van der Waals surface area contributed by atoms with Gasteiger partial charge in [0.05, 0.1) is 18.9 Å². The molecule has 2 aromatic rings. The minimum absolute atomic E-state index is 0.229. The lowest BCUT2D eigenvalue weighted by Gasteiger charge is -2.10. The maximum Gasteiger partial charge on any atom is 0.236 e. The quantitative estimate of drug-likeness (QED) is 0.616. The van der Waals surface area contributed by atoms with E-state index in [0.29, 0.717) is 22.2 Å². The number of ether oxygens (including phenoxy) is 2. The number of hydrogen-bond acceptors (Lipinski definition) is 5. The van der Waals surface area contributed by atoms with Crippen LogP contribution in [0.25, 0.3) is 0 Å². The summed E-state index contributed by atoms with van der Waals surface area (Å²) in [7, 11) is 1.57. The van der Waals surface area contributed by atoms with Gasteiger partial charge in [-0.3, -0.25) is 0 Å². The van der Waals surface area contributed by atoms with Crippen LogP contribution in [0.5, 0.6) is 11.6 Å². The van der Waals surface area contributed by atoms with Gasteiger partial charge in [-0.2, -0.15) is 0 Å². The van der Waals surface area contributed by atoms with Crippen molar-refractivity contribution in [3.05, 3.63) is 36.0 Å². The van der Waals surface area contributed by atoms with E-state index in [2.05, 4.69) is 5.10 Å². The topological polar surface area (TPSA) is 82.5 Å². The first kappa shape index (κ1) is 11.1. The molecule has 1 aromatic carbocycles. The number of nitrogen functional groups attached to an aromatic ring is 1. The summed E-state index contributed by atoms with van der Waals surface area (Å²) >= 11 is 0. The van der Waals surface area contributed by atoms with E-state index >= 15 is 0 Å². The highest BCUT2D eigenvalue weighted by Crippen LogP contribution is 2.25. The maximum absolute atomic E-state index is 8.98. The number of methoxy groups -OCH3 is 1. The molecule has 0 fully saturated rings. The Bertz CT molecular complexity index is 510. The molecule has 0 unspecified atom stereocenters. The van der Waals surface area contributed by atoms with Crippen molar-refractivity contribution < 1.29 is 14.7 Å². The van der Waals surface area contributed by atoms with Crippen LogP contribution in [-0.4, -0.2) is 22.3 Å². The van der Waals surface area contributed by atoms with Crippen LogP contribution in [0.1, 0.15) is 5.56 Å². The summed E-state index contributed by atoms with van der Waals surface area (Å²) in [6.45, 7) is 0.229. The molecule has 1 heterocycles. The summed E-state index contributed by atoms with van der Waals surface area (Å²) in [5, 5.41) is 12.7. The third-order valence-corrected chi connectivity index (χ3v) is 2.31. The van der Waals surface area contributed by atoms with Crippen molar-refractivity contribution in [2.75, 3.05) is 12.8 Å². The lowest BCUT2D eigenvalue weighted by Crippen LogP contribution is -2.03. The van der Waals surface area contributed by atoms with Gasteiger partial charge in [0, 0.05) is 11.8 Å². The van der Waals surface area contributed by atoms with Gasteiger partial charge < -0.3 is 20.4 Å². The van der Waals surface area contributed by atoms with Gasteiger partial charge in [-0.15, -0.1) is 4.85 Å². The number of rotatable bonds is 4. The molecule has 0 radical (unpaired) electrons. The Morgan fingerprint density at radius 1 is 1.41 bits per heavy atom. The third kappa shape index (κ3) is 2.41. The summed E-state index contributed by atoms with van der Waals surface area (Å²) in [5.74, 6) is 0.978. The molecule has 0 aliphatic rings. The van der Waals surface area contributed by atoms with Crippen molar-refractivity contribution in [1.82, 2.24) is 9.94 Å². The average molecular weight is 235 g/mol. The van der Waals surface area contributed by atoms with Gasteiger partial charge in [0.2, 0.25) is 5.88 Å². The Morgan fingerprint density at radius 3 is 2.88 bits per heavy atom. The van der Waals surface area contributed by atoms with Crippen LogP contribution in [-0.2, 0) is 6.61 Å². The van der Waals surface area contributed by atoms with Crippen molar-refractivity contribution in [3.8, 4) is 11.6 Å². The van der Waals surface area contributed by atoms with Crippen LogP contribution < -0.4 is 15.2 Å². The molecule has 2 rings (SSSR count). The fourth-order valence-corrected chi connectivity index (χ4v) is 1.45. The Kier molecular flexibility index (Phi) is 3.04. The third-order valence-electron chi connectivity index (χ3n) is 2.31. The number of aromatic nitrogens is 2. The molecule has 0 amide bonds. The van der Waals surface area contributed by atoms with Gasteiger partial charge in [0.15, 0.2) is 0 Å². The predicted octanol–water partition coefficient (Wildman–Crippen LogP) is 1.29. The van der Waals surface area contributed by atoms with Gasteiger partial charge in [-0.05, 0) is 12.1 Å². The van der Waals surface area contributed by atoms with Crippen LogP contribution in [0, 0.1) is 0 Å². The molecule has 0 bridgehead atoms. The Morgan fingerprint density at radius 2 is 2.24 bits per heavy atom. The number of benzene rings is 1. The van der Waals surface area contributed by atoms with Gasteiger partial charge in [-0.1, -0.05) is 11.2 Å². The van der Waals surface area contributed by atoms with Crippen molar-refractivity contribution >= 4 is 5.69 Å². The molecule has 6 nitrogen and oxygen atoms in total. The van der Waals surface area contributed by atoms with Crippen molar-refractivity contribution in [2.45, 2.75) is 6.61 Å². The van der Waals surface area contributed by atoms with Gasteiger partial charge >= 0.3 is 0 Å². The molecular formula is C11H13N3O3. The zero-order chi connectivity index (χ0) is 12.3. The van der Waals surface area contributed by atoms with Crippen LogP contribution in [0.2, 0.25) is 0 Å². The molecule has 1 aromatic heterocycles. The average Bonchev–Trinajstić information content (AvgIpc) is 2.73. The van der Waals surface area contributed by atoms with Crippen molar-refractivity contribution in [1.29, 1.82) is 0 Å². The second-order valence-electron chi connectivity index (χ2n) is 3.39. The molecular weight excluding hydrogens is 222 g/mol. The van der Waals surface area contributed by atoms with Crippen LogP contribution >= 0.6 is 0 Å². The van der Waals surface area contributed by atoms with E-state index in [-0.39, 0.29) is 6.61 Å². The number of nitrogens with zero attached hydrogens (tertiary/aromatic N) is 2. The zero-order valence-corrected chi connectivity index (χ0v) is 9.33. The molecule has 90 valence electrons. The standard InChI is InChI=1S/C11H13N3O3/c1-16-10-4-2-3-9(12)8(10)7-17-11-5-6-14(15)13-11/h2-6,15H,7,12H2,1H3. The molecule has 6 heteroatoms. The molecule has 0 saturated heterocycles. The molecule has 0 saturated carbocycles. The summed E-state index contributed by atoms with van der Waals surface area (Å²) in [6.07, 6.45) is 1.38. The number of nitrogens with two attached hydrogens (primary N) is 1. The van der Waals surface area contributed by atoms with Gasteiger partial charge in [-0.25, -0.2) is 0 Å². The minimum atomic E-state index is 0.229. The number of hydrogen-bond donors (Lipinski definition) is 2. The second-order valence-corrected chi connectivity index (χ2v) is 3.39. The fourth-order valence-electron chi connectivity index (χ4n) is 1.45. The Labute approximate surface area is 98.1 Å². The van der Waals surface area contributed by atoms with Crippen molar-refractivity contribution in [2.24, 2.45) is 0 Å². The van der Waals surface area contributed by atoms with Crippen LogP contribution in [0.4, 0.5) is 5.69 Å². The van der Waals surface area contributed by atoms with Crippen LogP contribution in [0.15, 0.2) is 30.5 Å². The van der Waals surface area contributed by atoms with E-state index in [0.717, 1.165) is 5.56 Å². The molecule has 17 heavy (non-hydrogen) atoms. The normalized spacial score (nSPS) is 10.2. The second kappa shape index (κ2) is 4.65. The number of anilines is 1. The van der Waals surface area contributed by atoms with Gasteiger partial charge in [0.25, 0.3) is 0 Å². The van der Waals surface area contributed by atoms with Crippen LogP contribution in [0.3, 0.4) is 0 Å². The maximum atomic E-state index is 8.98. The molecule has 0 aliphatic carbocycles. The summed E-state index contributed by atoms with van der Waals surface area (Å²) in [4.78, 5) is 0.681. The summed E-state index contributed by atoms with van der Waals surface area (Å²) < 4.78 is 10.6. The zero-order valence-electron chi connectivity index (χ0n) is 9.33. The summed E-state index contributed by atoms with van der Waals surface area (Å²) in [6, 6.07) is 6.93. The Balaban J connectivity index is 2.13. The molecule has 0 spiro atoms. The van der Waals surface area contributed by atoms with Crippen molar-refractivity contribution in [3.63, 3.8) is 0 Å². The molecule has 0 aliphatic heterocycles. The van der Waals surface area contributed by atoms with E-state index in [4.69, 9.17) is 20.4 Å². The molecule has 0 atom stereocenters. The monoisotopic (exact) mass is 235 g/mol. The SMILES string of the molecule is COc1cccc(N)c1COc1ccn(O)n1. The Hall–Kier alpha value is -2.37. The predicted molar refractivity (Wildman–Crippen MR) is 61.1 cm³/mol. The lowest BCUT2D eigenvalue weighted by molar-refractivity contribution is 0.141. The van der Waals surface area contributed by atoms with E-state index in [9.17, 15) is 0 Å². The van der Waals surface area contributed by atoms with Gasteiger partial charge in [0.1, 0.15) is 12.4 Å².